The number of rotatable bonds is 9. The van der Waals surface area contributed by atoms with E-state index in [4.69, 9.17) is 4.74 Å². The van der Waals surface area contributed by atoms with E-state index in [0.29, 0.717) is 6.54 Å². The van der Waals surface area contributed by atoms with Crippen LogP contribution in [0.5, 0.6) is 0 Å². The van der Waals surface area contributed by atoms with Gasteiger partial charge in [0.2, 0.25) is 0 Å². The van der Waals surface area contributed by atoms with Crippen LogP contribution in [-0.4, -0.2) is 68.1 Å². The minimum absolute atomic E-state index is 0. The Bertz CT molecular complexity index is 423. The van der Waals surface area contributed by atoms with E-state index < -0.39 is 0 Å². The van der Waals surface area contributed by atoms with Gasteiger partial charge < -0.3 is 20.3 Å². The molecule has 0 aromatic carbocycles. The Balaban J connectivity index is 0.00000441. The van der Waals surface area contributed by atoms with Crippen molar-refractivity contribution in [3.8, 4) is 0 Å². The zero-order valence-corrected chi connectivity index (χ0v) is 16.3. The van der Waals surface area contributed by atoms with Crippen molar-refractivity contribution in [2.45, 2.75) is 13.0 Å². The quantitative estimate of drug-likeness (QED) is 0.264. The molecule has 0 atom stereocenters. The third-order valence-corrected chi connectivity index (χ3v) is 3.26. The summed E-state index contributed by atoms with van der Waals surface area (Å²) >= 11 is 0. The predicted molar refractivity (Wildman–Crippen MR) is 101 cm³/mol. The number of halogens is 1. The second-order valence-electron chi connectivity index (χ2n) is 4.95. The Labute approximate surface area is 150 Å². The van der Waals surface area contributed by atoms with E-state index in [1.807, 2.05) is 17.8 Å². The van der Waals surface area contributed by atoms with E-state index in [1.165, 1.54) is 0 Å². The zero-order chi connectivity index (χ0) is 15.5. The molecule has 7 nitrogen and oxygen atoms in total. The van der Waals surface area contributed by atoms with Crippen LogP contribution in [0.1, 0.15) is 12.1 Å². The van der Waals surface area contributed by atoms with Crippen molar-refractivity contribution in [1.82, 2.24) is 25.3 Å². The van der Waals surface area contributed by atoms with Gasteiger partial charge in [0.15, 0.2) is 5.96 Å². The van der Waals surface area contributed by atoms with Crippen LogP contribution in [0, 0.1) is 0 Å². The number of aromatic nitrogens is 2. The highest BCUT2D eigenvalue weighted by Gasteiger charge is 2.02. The van der Waals surface area contributed by atoms with Crippen molar-refractivity contribution in [3.63, 3.8) is 0 Å². The lowest BCUT2D eigenvalue weighted by atomic mass is 10.4. The molecule has 0 spiro atoms. The summed E-state index contributed by atoms with van der Waals surface area (Å²) in [6.07, 6.45) is 2.85. The topological polar surface area (TPSA) is 66.7 Å². The fourth-order valence-electron chi connectivity index (χ4n) is 1.93. The molecule has 0 saturated carbocycles. The lowest BCUT2D eigenvalue weighted by Gasteiger charge is -2.18. The number of guanidine groups is 1. The maximum Gasteiger partial charge on any atom is 0.191 e. The second kappa shape index (κ2) is 12.7. The number of hydrogen-bond donors (Lipinski definition) is 2. The van der Waals surface area contributed by atoms with Gasteiger partial charge in [-0.1, -0.05) is 0 Å². The van der Waals surface area contributed by atoms with Crippen LogP contribution < -0.4 is 10.6 Å². The molecule has 0 amide bonds. The average Bonchev–Trinajstić information content (AvgIpc) is 2.88. The molecule has 2 N–H and O–H groups in total. The predicted octanol–water partition coefficient (Wildman–Crippen LogP) is 0.671. The van der Waals surface area contributed by atoms with Crippen LogP contribution in [0.4, 0.5) is 0 Å². The maximum atomic E-state index is 5.05. The molecule has 0 aliphatic rings. The van der Waals surface area contributed by atoms with E-state index in [1.54, 1.807) is 20.4 Å². The summed E-state index contributed by atoms with van der Waals surface area (Å²) in [7, 11) is 7.56. The molecule has 1 aromatic rings. The number of likely N-dealkylation sites (N-methyl/N-ethyl adjacent to an activating group) is 1. The Hall–Kier alpha value is -0.870. The van der Waals surface area contributed by atoms with Crippen LogP contribution in [0.2, 0.25) is 0 Å². The van der Waals surface area contributed by atoms with Crippen molar-refractivity contribution in [3.05, 3.63) is 18.0 Å². The van der Waals surface area contributed by atoms with Gasteiger partial charge in [0, 0.05) is 53.6 Å². The number of hydrogen-bond acceptors (Lipinski definition) is 4. The Kier molecular flexibility index (Phi) is 12.2. The Morgan fingerprint density at radius 2 is 2.18 bits per heavy atom. The molecule has 1 aromatic heterocycles. The highest BCUT2D eigenvalue weighted by Crippen LogP contribution is 1.94. The van der Waals surface area contributed by atoms with Gasteiger partial charge >= 0.3 is 0 Å². The molecule has 0 unspecified atom stereocenters. The van der Waals surface area contributed by atoms with Crippen LogP contribution in [0.3, 0.4) is 0 Å². The fraction of sp³-hybridized carbons (Fsp3) is 0.714. The van der Waals surface area contributed by atoms with Gasteiger partial charge in [-0.2, -0.15) is 5.10 Å². The van der Waals surface area contributed by atoms with Crippen molar-refractivity contribution in [2.24, 2.45) is 12.0 Å². The Morgan fingerprint density at radius 3 is 2.77 bits per heavy atom. The van der Waals surface area contributed by atoms with Gasteiger partial charge in [-0.15, -0.1) is 24.0 Å². The molecule has 0 fully saturated rings. The monoisotopic (exact) mass is 424 g/mol. The molecule has 8 heteroatoms. The van der Waals surface area contributed by atoms with Crippen molar-refractivity contribution >= 4 is 29.9 Å². The van der Waals surface area contributed by atoms with E-state index >= 15 is 0 Å². The van der Waals surface area contributed by atoms with Crippen molar-refractivity contribution in [2.75, 3.05) is 47.4 Å². The SMILES string of the molecule is CN=C(NCCN(C)CCCOC)NCc1ccnn1C.I. The molecule has 0 bridgehead atoms. The first-order valence-electron chi connectivity index (χ1n) is 7.26. The van der Waals surface area contributed by atoms with E-state index in [9.17, 15) is 0 Å². The summed E-state index contributed by atoms with van der Waals surface area (Å²) in [5, 5.41) is 10.7. The molecule has 128 valence electrons. The van der Waals surface area contributed by atoms with Gasteiger partial charge in [0.25, 0.3) is 0 Å². The number of aryl methyl sites for hydroxylation is 1. The summed E-state index contributed by atoms with van der Waals surface area (Å²) < 4.78 is 6.90. The van der Waals surface area contributed by atoms with Crippen LogP contribution in [-0.2, 0) is 18.3 Å². The van der Waals surface area contributed by atoms with Crippen LogP contribution in [0.15, 0.2) is 17.3 Å². The summed E-state index contributed by atoms with van der Waals surface area (Å²) in [4.78, 5) is 6.49. The van der Waals surface area contributed by atoms with E-state index in [-0.39, 0.29) is 24.0 Å². The number of aliphatic imine (C=N–C) groups is 1. The molecular formula is C14H29IN6O. The minimum atomic E-state index is 0. The Morgan fingerprint density at radius 1 is 1.41 bits per heavy atom. The molecule has 0 aliphatic heterocycles. The molecule has 0 aliphatic carbocycles. The van der Waals surface area contributed by atoms with E-state index in [2.05, 4.69) is 32.7 Å². The standard InChI is InChI=1S/C14H28N6O.HI/c1-15-14(17-12-13-6-7-18-20(13)3)16-8-10-19(2)9-5-11-21-4;/h6-7H,5,8-12H2,1-4H3,(H2,15,16,17);1H. The summed E-state index contributed by atoms with van der Waals surface area (Å²) in [6, 6.07) is 1.99. The van der Waals surface area contributed by atoms with Gasteiger partial charge in [0.1, 0.15) is 0 Å². The smallest absolute Gasteiger partial charge is 0.191 e. The van der Waals surface area contributed by atoms with Crippen LogP contribution >= 0.6 is 24.0 Å². The number of methoxy groups -OCH3 is 1. The second-order valence-corrected chi connectivity index (χ2v) is 4.95. The normalized spacial score (nSPS) is 11.4. The number of nitrogens with one attached hydrogen (secondary N) is 2. The first kappa shape index (κ1) is 21.1. The average molecular weight is 424 g/mol. The van der Waals surface area contributed by atoms with Gasteiger partial charge in [0.05, 0.1) is 12.2 Å². The fourth-order valence-corrected chi connectivity index (χ4v) is 1.93. The zero-order valence-electron chi connectivity index (χ0n) is 14.0. The molecule has 1 heterocycles. The molecular weight excluding hydrogens is 395 g/mol. The van der Waals surface area contributed by atoms with E-state index in [0.717, 1.165) is 44.3 Å². The largest absolute Gasteiger partial charge is 0.385 e. The lowest BCUT2D eigenvalue weighted by Crippen LogP contribution is -2.41. The first-order valence-corrected chi connectivity index (χ1v) is 7.26. The molecule has 0 saturated heterocycles. The van der Waals surface area contributed by atoms with Crippen molar-refractivity contribution in [1.29, 1.82) is 0 Å². The summed E-state index contributed by atoms with van der Waals surface area (Å²) in [5.74, 6) is 0.807. The summed E-state index contributed by atoms with van der Waals surface area (Å²) in [6.45, 7) is 4.38. The molecule has 1 rings (SSSR count). The van der Waals surface area contributed by atoms with Crippen LogP contribution in [0.25, 0.3) is 0 Å². The van der Waals surface area contributed by atoms with Crippen molar-refractivity contribution < 1.29 is 4.74 Å². The summed E-state index contributed by atoms with van der Waals surface area (Å²) in [5.41, 5.74) is 1.12. The lowest BCUT2D eigenvalue weighted by molar-refractivity contribution is 0.180. The maximum absolute atomic E-state index is 5.05. The van der Waals surface area contributed by atoms with Gasteiger partial charge in [-0.25, -0.2) is 0 Å². The first-order chi connectivity index (χ1) is 10.2. The highest BCUT2D eigenvalue weighted by molar-refractivity contribution is 14.0. The third kappa shape index (κ3) is 8.54. The molecule has 22 heavy (non-hydrogen) atoms. The number of ether oxygens (including phenoxy) is 1. The number of nitrogens with zero attached hydrogens (tertiary/aromatic N) is 4. The van der Waals surface area contributed by atoms with Gasteiger partial charge in [-0.05, 0) is 19.5 Å². The van der Waals surface area contributed by atoms with Gasteiger partial charge in [-0.3, -0.25) is 9.67 Å². The molecule has 0 radical (unpaired) electrons. The third-order valence-electron chi connectivity index (χ3n) is 3.26. The highest BCUT2D eigenvalue weighted by atomic mass is 127. The minimum Gasteiger partial charge on any atom is -0.385 e.